The number of carbonyl (C=O) groups is 1. The highest BCUT2D eigenvalue weighted by Crippen LogP contribution is 2.38. The normalized spacial score (nSPS) is 24.5. The van der Waals surface area contributed by atoms with Gasteiger partial charge in [-0.3, -0.25) is 9.69 Å². The highest BCUT2D eigenvalue weighted by molar-refractivity contribution is 7.14. The van der Waals surface area contributed by atoms with Crippen LogP contribution in [0.1, 0.15) is 47.1 Å². The van der Waals surface area contributed by atoms with Crippen molar-refractivity contribution >= 4 is 22.2 Å². The lowest BCUT2D eigenvalue weighted by Gasteiger charge is -2.47. The molecule has 2 fully saturated rings. The van der Waals surface area contributed by atoms with Gasteiger partial charge in [-0.25, -0.2) is 9.53 Å². The zero-order chi connectivity index (χ0) is 23.9. The predicted octanol–water partition coefficient (Wildman–Crippen LogP) is 3.29. The molecule has 2 saturated heterocycles. The molecule has 180 valence electrons. The van der Waals surface area contributed by atoms with E-state index in [1.54, 1.807) is 11.0 Å². The Morgan fingerprint density at radius 3 is 2.97 bits per heavy atom. The number of morpholine rings is 1. The number of aryl methyl sites for hydroxylation is 1. The Morgan fingerprint density at radius 1 is 1.26 bits per heavy atom. The third-order valence-electron chi connectivity index (χ3n) is 7.66. The van der Waals surface area contributed by atoms with E-state index in [2.05, 4.69) is 42.8 Å². The summed E-state index contributed by atoms with van der Waals surface area (Å²) in [6.07, 6.45) is 4.45. The van der Waals surface area contributed by atoms with E-state index in [-0.39, 0.29) is 24.0 Å². The number of thiophene rings is 1. The van der Waals surface area contributed by atoms with Gasteiger partial charge in [0.2, 0.25) is 10.9 Å². The number of fused-ring (bicyclic) bond motifs is 2. The number of hydrogen-bond donors (Lipinski definition) is 0. The first kappa shape index (κ1) is 22.3. The van der Waals surface area contributed by atoms with Crippen molar-refractivity contribution in [2.75, 3.05) is 32.8 Å². The fourth-order valence-electron chi connectivity index (χ4n) is 5.72. The number of aromatic nitrogens is 4. The molecule has 1 aliphatic carbocycles. The summed E-state index contributed by atoms with van der Waals surface area (Å²) in [5.41, 5.74) is 5.46. The van der Waals surface area contributed by atoms with Crippen LogP contribution in [0.25, 0.3) is 10.5 Å². The Hall–Kier alpha value is -3.13. The number of tetrazole rings is 1. The summed E-state index contributed by atoms with van der Waals surface area (Å²) in [5.74, 6) is 0.143. The van der Waals surface area contributed by atoms with E-state index < -0.39 is 0 Å². The Bertz CT molecular complexity index is 1280. The molecule has 2 aliphatic heterocycles. The highest BCUT2D eigenvalue weighted by atomic mass is 32.1. The van der Waals surface area contributed by atoms with Crippen LogP contribution in [0.3, 0.4) is 0 Å². The molecular formula is C25H27N7O2S. The van der Waals surface area contributed by atoms with E-state index in [4.69, 9.17) is 11.3 Å². The zero-order valence-electron chi connectivity index (χ0n) is 19.6. The van der Waals surface area contributed by atoms with Gasteiger partial charge in [-0.15, -0.1) is 5.10 Å². The van der Waals surface area contributed by atoms with Gasteiger partial charge in [0.25, 0.3) is 0 Å². The summed E-state index contributed by atoms with van der Waals surface area (Å²) in [5, 5.41) is 14.3. The summed E-state index contributed by atoms with van der Waals surface area (Å²) < 4.78 is 7.91. The van der Waals surface area contributed by atoms with Crippen LogP contribution in [0.4, 0.5) is 5.00 Å². The van der Waals surface area contributed by atoms with Gasteiger partial charge in [0.05, 0.1) is 36.9 Å². The van der Waals surface area contributed by atoms with E-state index in [0.29, 0.717) is 13.2 Å². The van der Waals surface area contributed by atoms with Crippen LogP contribution < -0.4 is 0 Å². The average molecular weight is 490 g/mol. The standard InChI is InChI=1S/C25H27N7O2S/c1-16-22(14-35-24(16)26-2)23-12-30-8-9-31(11-19(30)13-34-23)25(33)21-5-3-4-17-10-18(6-7-20(17)21)32-15-27-28-29-32/h6-7,10,14-15,19,21,23H,3-5,8-9,11-13H2,1H3/t19-,21?,23+/m0/s1. The van der Waals surface area contributed by atoms with Gasteiger partial charge < -0.3 is 9.64 Å². The molecule has 1 amide bonds. The van der Waals surface area contributed by atoms with Gasteiger partial charge >= 0.3 is 0 Å². The number of rotatable bonds is 3. The van der Waals surface area contributed by atoms with Crippen LogP contribution >= 0.6 is 11.3 Å². The van der Waals surface area contributed by atoms with Crippen LogP contribution in [0.2, 0.25) is 0 Å². The summed E-state index contributed by atoms with van der Waals surface area (Å²) in [6.45, 7) is 13.1. The molecule has 0 saturated carbocycles. The minimum Gasteiger partial charge on any atom is -0.371 e. The fraction of sp³-hybridized carbons (Fsp3) is 0.480. The topological polar surface area (TPSA) is 80.7 Å². The molecule has 10 heteroatoms. The first-order valence-electron chi connectivity index (χ1n) is 12.1. The summed E-state index contributed by atoms with van der Waals surface area (Å²) >= 11 is 1.50. The average Bonchev–Trinajstić information content (AvgIpc) is 3.57. The number of ether oxygens (including phenoxy) is 1. The lowest BCUT2D eigenvalue weighted by atomic mass is 9.81. The summed E-state index contributed by atoms with van der Waals surface area (Å²) in [6, 6.07) is 6.41. The molecule has 0 N–H and O–H groups in total. The second-order valence-corrected chi connectivity index (χ2v) is 10.4. The second kappa shape index (κ2) is 9.15. The van der Waals surface area contributed by atoms with Crippen LogP contribution in [0.15, 0.2) is 29.9 Å². The quantitative estimate of drug-likeness (QED) is 0.526. The first-order valence-corrected chi connectivity index (χ1v) is 13.0. The van der Waals surface area contributed by atoms with Crippen molar-refractivity contribution in [2.24, 2.45) is 0 Å². The van der Waals surface area contributed by atoms with Gasteiger partial charge in [-0.05, 0) is 76.4 Å². The SMILES string of the molecule is [C-]#[N+]c1scc([C@H]2CN3CCN(C(=O)C4CCCc5cc(-n6cnnn6)ccc54)C[C@H]3CO2)c1C. The fourth-order valence-corrected chi connectivity index (χ4v) is 6.63. The molecule has 1 unspecified atom stereocenters. The minimum absolute atomic E-state index is 0.000134. The van der Waals surface area contributed by atoms with Gasteiger partial charge in [0.1, 0.15) is 6.33 Å². The number of benzene rings is 1. The number of nitrogens with zero attached hydrogens (tertiary/aromatic N) is 7. The van der Waals surface area contributed by atoms with E-state index >= 15 is 0 Å². The Morgan fingerprint density at radius 2 is 2.17 bits per heavy atom. The van der Waals surface area contributed by atoms with Crippen molar-refractivity contribution in [1.82, 2.24) is 30.0 Å². The van der Waals surface area contributed by atoms with Crippen molar-refractivity contribution in [3.8, 4) is 5.69 Å². The van der Waals surface area contributed by atoms with Crippen molar-refractivity contribution in [3.05, 3.63) is 63.6 Å². The number of carbonyl (C=O) groups excluding carboxylic acids is 1. The monoisotopic (exact) mass is 489 g/mol. The molecule has 35 heavy (non-hydrogen) atoms. The number of amides is 1. The molecule has 3 aliphatic rings. The van der Waals surface area contributed by atoms with Crippen molar-refractivity contribution in [1.29, 1.82) is 0 Å². The molecule has 9 nitrogen and oxygen atoms in total. The third-order valence-corrected chi connectivity index (χ3v) is 8.65. The third kappa shape index (κ3) is 4.03. The maximum atomic E-state index is 13.7. The maximum absolute atomic E-state index is 13.7. The summed E-state index contributed by atoms with van der Waals surface area (Å²) in [7, 11) is 0. The largest absolute Gasteiger partial charge is 0.371 e. The smallest absolute Gasteiger partial charge is 0.244 e. The molecule has 3 atom stereocenters. The zero-order valence-corrected chi connectivity index (χ0v) is 20.4. The molecule has 0 spiro atoms. The second-order valence-electron chi connectivity index (χ2n) is 9.57. The summed E-state index contributed by atoms with van der Waals surface area (Å²) in [4.78, 5) is 21.8. The van der Waals surface area contributed by atoms with E-state index in [0.717, 1.165) is 66.3 Å². The van der Waals surface area contributed by atoms with Crippen LogP contribution in [-0.2, 0) is 16.0 Å². The van der Waals surface area contributed by atoms with Gasteiger partial charge in [-0.1, -0.05) is 6.07 Å². The Balaban J connectivity index is 1.14. The number of hydrogen-bond acceptors (Lipinski definition) is 7. The molecular weight excluding hydrogens is 462 g/mol. The van der Waals surface area contributed by atoms with Gasteiger partial charge in [-0.2, -0.15) is 11.3 Å². The number of piperazine rings is 1. The first-order chi connectivity index (χ1) is 17.1. The lowest BCUT2D eigenvalue weighted by Crippen LogP contribution is -2.60. The minimum atomic E-state index is -0.0917. The van der Waals surface area contributed by atoms with Crippen LogP contribution in [-0.4, -0.2) is 74.7 Å². The molecule has 3 aromatic rings. The Labute approximate surface area is 208 Å². The lowest BCUT2D eigenvalue weighted by molar-refractivity contribution is -0.142. The Kier molecular flexibility index (Phi) is 5.84. The molecule has 4 heterocycles. The molecule has 0 radical (unpaired) electrons. The van der Waals surface area contributed by atoms with Crippen molar-refractivity contribution < 1.29 is 9.53 Å². The maximum Gasteiger partial charge on any atom is 0.244 e. The molecule has 0 bridgehead atoms. The molecule has 6 rings (SSSR count). The van der Waals surface area contributed by atoms with E-state index in [1.807, 2.05) is 17.9 Å². The van der Waals surface area contributed by atoms with Gasteiger partial charge in [0.15, 0.2) is 0 Å². The van der Waals surface area contributed by atoms with Crippen LogP contribution in [0, 0.1) is 13.5 Å². The van der Waals surface area contributed by atoms with Gasteiger partial charge in [0, 0.05) is 26.2 Å². The predicted molar refractivity (Wildman–Crippen MR) is 131 cm³/mol. The van der Waals surface area contributed by atoms with E-state index in [9.17, 15) is 4.79 Å². The van der Waals surface area contributed by atoms with Crippen LogP contribution in [0.5, 0.6) is 0 Å². The highest BCUT2D eigenvalue weighted by Gasteiger charge is 2.38. The van der Waals surface area contributed by atoms with Crippen molar-refractivity contribution in [3.63, 3.8) is 0 Å². The molecule has 1 aromatic carbocycles. The molecule has 2 aromatic heterocycles. The van der Waals surface area contributed by atoms with E-state index in [1.165, 1.54) is 16.9 Å². The van der Waals surface area contributed by atoms with Crippen molar-refractivity contribution in [2.45, 2.75) is 44.2 Å².